The van der Waals surface area contributed by atoms with Crippen molar-refractivity contribution in [1.29, 1.82) is 5.26 Å². The smallest absolute Gasteiger partial charge is 0.0695 e. The minimum atomic E-state index is -0.355. The molecule has 0 spiro atoms. The van der Waals surface area contributed by atoms with Gasteiger partial charge in [0.25, 0.3) is 0 Å². The van der Waals surface area contributed by atoms with Crippen LogP contribution in [0.5, 0.6) is 0 Å². The first-order valence-electron chi connectivity index (χ1n) is 5.58. The average molecular weight is 270 g/mol. The number of nitrogens with zero attached hydrogens (tertiary/aromatic N) is 1. The molecule has 0 N–H and O–H groups in total. The molecule has 2 rings (SSSR count). The van der Waals surface area contributed by atoms with E-state index in [0.29, 0.717) is 29.7 Å². The lowest BCUT2D eigenvalue weighted by Crippen LogP contribution is -2.30. The number of nitriles is 1. The zero-order chi connectivity index (χ0) is 12.3. The summed E-state index contributed by atoms with van der Waals surface area (Å²) < 4.78 is 5.31. The maximum absolute atomic E-state index is 9.38. The van der Waals surface area contributed by atoms with Gasteiger partial charge in [0.1, 0.15) is 0 Å². The summed E-state index contributed by atoms with van der Waals surface area (Å²) in [5, 5.41) is 10.7. The van der Waals surface area contributed by atoms with E-state index in [2.05, 4.69) is 6.07 Å². The molecule has 90 valence electrons. The van der Waals surface area contributed by atoms with Gasteiger partial charge < -0.3 is 4.74 Å². The van der Waals surface area contributed by atoms with Crippen molar-refractivity contribution in [3.05, 3.63) is 33.8 Å². The van der Waals surface area contributed by atoms with Gasteiger partial charge >= 0.3 is 0 Å². The van der Waals surface area contributed by atoms with Crippen molar-refractivity contribution in [1.82, 2.24) is 0 Å². The summed E-state index contributed by atoms with van der Waals surface area (Å²) in [4.78, 5) is 0. The largest absolute Gasteiger partial charge is 0.381 e. The molecule has 0 unspecified atom stereocenters. The van der Waals surface area contributed by atoms with Gasteiger partial charge in [0.05, 0.1) is 11.5 Å². The number of hydrogen-bond donors (Lipinski definition) is 0. The summed E-state index contributed by atoms with van der Waals surface area (Å²) >= 11 is 12.1. The molecule has 0 radical (unpaired) electrons. The van der Waals surface area contributed by atoms with Gasteiger partial charge in [0.15, 0.2) is 0 Å². The molecule has 2 nitrogen and oxygen atoms in total. The number of benzene rings is 1. The molecule has 1 fully saturated rings. The Kier molecular flexibility index (Phi) is 3.93. The summed E-state index contributed by atoms with van der Waals surface area (Å²) in [7, 11) is 0. The highest BCUT2D eigenvalue weighted by Gasteiger charge is 2.33. The molecule has 1 saturated heterocycles. The molecule has 0 bridgehead atoms. The molecule has 0 saturated carbocycles. The fourth-order valence-corrected chi connectivity index (χ4v) is 2.51. The molecular formula is C13H13Cl2NO. The third-order valence-electron chi connectivity index (χ3n) is 3.22. The van der Waals surface area contributed by atoms with Crippen LogP contribution in [-0.2, 0) is 11.2 Å². The fourth-order valence-electron chi connectivity index (χ4n) is 2.13. The van der Waals surface area contributed by atoms with Crippen molar-refractivity contribution in [3.8, 4) is 6.07 Å². The van der Waals surface area contributed by atoms with E-state index in [4.69, 9.17) is 27.9 Å². The third kappa shape index (κ3) is 2.93. The highest BCUT2D eigenvalue weighted by atomic mass is 35.5. The molecule has 0 aliphatic carbocycles. The molecule has 1 heterocycles. The van der Waals surface area contributed by atoms with E-state index in [1.165, 1.54) is 0 Å². The zero-order valence-electron chi connectivity index (χ0n) is 9.38. The van der Waals surface area contributed by atoms with Crippen LogP contribution in [0.3, 0.4) is 0 Å². The first-order valence-corrected chi connectivity index (χ1v) is 6.34. The van der Waals surface area contributed by atoms with Gasteiger partial charge in [0.2, 0.25) is 0 Å². The Hall–Kier alpha value is -0.750. The highest BCUT2D eigenvalue weighted by Crippen LogP contribution is 2.36. The standard InChI is InChI=1S/C13H13Cl2NO/c14-11-1-2-12(15)10(7-11)8-13(9-16)3-5-17-6-4-13/h1-2,7H,3-6,8H2. The topological polar surface area (TPSA) is 33.0 Å². The molecule has 1 aromatic carbocycles. The van der Waals surface area contributed by atoms with Crippen LogP contribution < -0.4 is 0 Å². The first kappa shape index (κ1) is 12.7. The van der Waals surface area contributed by atoms with E-state index >= 15 is 0 Å². The molecule has 0 atom stereocenters. The Labute approximate surface area is 111 Å². The Balaban J connectivity index is 2.23. The maximum Gasteiger partial charge on any atom is 0.0695 e. The summed E-state index contributed by atoms with van der Waals surface area (Å²) in [6.07, 6.45) is 2.16. The Morgan fingerprint density at radius 2 is 2.00 bits per heavy atom. The number of ether oxygens (including phenoxy) is 1. The SMILES string of the molecule is N#CC1(Cc2cc(Cl)ccc2Cl)CCOCC1. The molecule has 0 aromatic heterocycles. The van der Waals surface area contributed by atoms with E-state index in [1.807, 2.05) is 6.07 Å². The second-order valence-corrected chi connectivity index (χ2v) is 5.26. The van der Waals surface area contributed by atoms with E-state index < -0.39 is 0 Å². The lowest BCUT2D eigenvalue weighted by Gasteiger charge is -2.31. The van der Waals surface area contributed by atoms with Crippen LogP contribution in [0.4, 0.5) is 0 Å². The first-order chi connectivity index (χ1) is 8.15. The van der Waals surface area contributed by atoms with Gasteiger partial charge in [0, 0.05) is 23.3 Å². The van der Waals surface area contributed by atoms with Gasteiger partial charge in [-0.25, -0.2) is 0 Å². The van der Waals surface area contributed by atoms with Crippen molar-refractivity contribution in [3.63, 3.8) is 0 Å². The van der Waals surface area contributed by atoms with Gasteiger partial charge in [-0.2, -0.15) is 5.26 Å². The maximum atomic E-state index is 9.38. The van der Waals surface area contributed by atoms with Crippen molar-refractivity contribution in [2.75, 3.05) is 13.2 Å². The Bertz CT molecular complexity index is 447. The second kappa shape index (κ2) is 5.27. The lowest BCUT2D eigenvalue weighted by atomic mass is 9.76. The van der Waals surface area contributed by atoms with Crippen LogP contribution >= 0.6 is 23.2 Å². The van der Waals surface area contributed by atoms with E-state index in [1.54, 1.807) is 12.1 Å². The predicted molar refractivity (Wildman–Crippen MR) is 68.3 cm³/mol. The Morgan fingerprint density at radius 1 is 1.29 bits per heavy atom. The quantitative estimate of drug-likeness (QED) is 0.817. The monoisotopic (exact) mass is 269 g/mol. The zero-order valence-corrected chi connectivity index (χ0v) is 10.9. The molecule has 1 aliphatic heterocycles. The van der Waals surface area contributed by atoms with Gasteiger partial charge in [-0.3, -0.25) is 0 Å². The summed E-state index contributed by atoms with van der Waals surface area (Å²) in [5.74, 6) is 0. The van der Waals surface area contributed by atoms with Crippen molar-refractivity contribution in [2.45, 2.75) is 19.3 Å². The van der Waals surface area contributed by atoms with Crippen LogP contribution in [0, 0.1) is 16.7 Å². The molecular weight excluding hydrogens is 257 g/mol. The highest BCUT2D eigenvalue weighted by molar-refractivity contribution is 6.33. The van der Waals surface area contributed by atoms with Gasteiger partial charge in [-0.15, -0.1) is 0 Å². The van der Waals surface area contributed by atoms with Crippen molar-refractivity contribution < 1.29 is 4.74 Å². The average Bonchev–Trinajstić information content (AvgIpc) is 2.35. The fraction of sp³-hybridized carbons (Fsp3) is 0.462. The minimum Gasteiger partial charge on any atom is -0.381 e. The normalized spacial score (nSPS) is 18.6. The predicted octanol–water partition coefficient (Wildman–Crippen LogP) is 3.86. The molecule has 17 heavy (non-hydrogen) atoms. The Morgan fingerprint density at radius 3 is 2.65 bits per heavy atom. The number of hydrogen-bond acceptors (Lipinski definition) is 2. The number of rotatable bonds is 2. The third-order valence-corrected chi connectivity index (χ3v) is 3.83. The van der Waals surface area contributed by atoms with Crippen molar-refractivity contribution >= 4 is 23.2 Å². The summed E-state index contributed by atoms with van der Waals surface area (Å²) in [5.41, 5.74) is 0.592. The summed E-state index contributed by atoms with van der Waals surface area (Å²) in [6, 6.07) is 7.82. The lowest BCUT2D eigenvalue weighted by molar-refractivity contribution is 0.0406. The van der Waals surface area contributed by atoms with Gasteiger partial charge in [-0.05, 0) is 43.0 Å². The van der Waals surface area contributed by atoms with Crippen LogP contribution in [0.25, 0.3) is 0 Å². The molecule has 4 heteroatoms. The summed E-state index contributed by atoms with van der Waals surface area (Å²) in [6.45, 7) is 1.29. The number of halogens is 2. The molecule has 0 amide bonds. The van der Waals surface area contributed by atoms with Crippen molar-refractivity contribution in [2.24, 2.45) is 5.41 Å². The molecule has 1 aromatic rings. The van der Waals surface area contributed by atoms with Gasteiger partial charge in [-0.1, -0.05) is 23.2 Å². The van der Waals surface area contributed by atoms with E-state index in [0.717, 1.165) is 18.4 Å². The van der Waals surface area contributed by atoms with Crippen LogP contribution in [0.1, 0.15) is 18.4 Å². The molecule has 1 aliphatic rings. The second-order valence-electron chi connectivity index (χ2n) is 4.42. The van der Waals surface area contributed by atoms with Crippen LogP contribution in [0.15, 0.2) is 18.2 Å². The van der Waals surface area contributed by atoms with Crippen LogP contribution in [0.2, 0.25) is 10.0 Å². The van der Waals surface area contributed by atoms with E-state index in [-0.39, 0.29) is 5.41 Å². The van der Waals surface area contributed by atoms with Crippen LogP contribution in [-0.4, -0.2) is 13.2 Å². The van der Waals surface area contributed by atoms with E-state index in [9.17, 15) is 5.26 Å². The minimum absolute atomic E-state index is 0.355.